The fourth-order valence-electron chi connectivity index (χ4n) is 3.56. The third kappa shape index (κ3) is 4.03. The lowest BCUT2D eigenvalue weighted by Crippen LogP contribution is -2.42. The number of hydrogen-bond acceptors (Lipinski definition) is 6. The summed E-state index contributed by atoms with van der Waals surface area (Å²) in [5, 5.41) is 4.57. The van der Waals surface area contributed by atoms with E-state index in [2.05, 4.69) is 5.32 Å². The molecule has 1 aliphatic heterocycles. The van der Waals surface area contributed by atoms with Crippen LogP contribution in [0.1, 0.15) is 19.8 Å². The van der Waals surface area contributed by atoms with Crippen molar-refractivity contribution in [3.05, 3.63) is 56.5 Å². The van der Waals surface area contributed by atoms with Crippen molar-refractivity contribution in [3.63, 3.8) is 0 Å². The summed E-state index contributed by atoms with van der Waals surface area (Å²) in [5.41, 5.74) is -0.0609. The van der Waals surface area contributed by atoms with Gasteiger partial charge in [-0.25, -0.2) is 9.36 Å². The third-order valence-corrected chi connectivity index (χ3v) is 5.90. The van der Waals surface area contributed by atoms with Crippen LogP contribution < -0.4 is 21.3 Å². The third-order valence-electron chi connectivity index (χ3n) is 5.01. The molecule has 9 heteroatoms. The molecular formula is C21H23N3O5S. The van der Waals surface area contributed by atoms with Crippen LogP contribution in [0.5, 0.6) is 5.75 Å². The highest BCUT2D eigenvalue weighted by Crippen LogP contribution is 2.18. The average molecular weight is 429 g/mol. The standard InChI is InChI=1S/C21H23N3O5S/c1-2-28-15-7-5-14(6-8-15)24-20(26)19-17(9-11-30-19)23(21(24)27)13-18(25)22-12-16-4-3-10-29-16/h5-9,11,16H,2-4,10,12-13H2,1H3,(H,22,25)/t16-/m0/s1. The van der Waals surface area contributed by atoms with Crippen LogP contribution in [0.25, 0.3) is 15.9 Å². The van der Waals surface area contributed by atoms with Crippen LogP contribution >= 0.6 is 11.3 Å². The van der Waals surface area contributed by atoms with Crippen molar-refractivity contribution in [1.29, 1.82) is 0 Å². The van der Waals surface area contributed by atoms with Crippen molar-refractivity contribution in [2.24, 2.45) is 0 Å². The number of amides is 1. The molecule has 1 amide bonds. The van der Waals surface area contributed by atoms with Gasteiger partial charge in [-0.1, -0.05) is 0 Å². The molecule has 0 bridgehead atoms. The normalized spacial score (nSPS) is 16.1. The first kappa shape index (κ1) is 20.4. The highest BCUT2D eigenvalue weighted by molar-refractivity contribution is 7.17. The quantitative estimate of drug-likeness (QED) is 0.620. The topological polar surface area (TPSA) is 91.6 Å². The second-order valence-corrected chi connectivity index (χ2v) is 7.93. The van der Waals surface area contributed by atoms with E-state index in [9.17, 15) is 14.4 Å². The van der Waals surface area contributed by atoms with E-state index in [1.165, 1.54) is 15.9 Å². The molecule has 0 saturated carbocycles. The highest BCUT2D eigenvalue weighted by atomic mass is 32.1. The zero-order valence-electron chi connectivity index (χ0n) is 16.6. The Bertz CT molecular complexity index is 1160. The van der Waals surface area contributed by atoms with Crippen molar-refractivity contribution in [1.82, 2.24) is 14.5 Å². The van der Waals surface area contributed by atoms with E-state index >= 15 is 0 Å². The summed E-state index contributed by atoms with van der Waals surface area (Å²) >= 11 is 1.25. The van der Waals surface area contributed by atoms with Crippen LogP contribution in [0.4, 0.5) is 0 Å². The Hall–Kier alpha value is -2.91. The fourth-order valence-corrected chi connectivity index (χ4v) is 4.38. The molecule has 0 aliphatic carbocycles. The predicted molar refractivity (Wildman–Crippen MR) is 115 cm³/mol. The Labute approximate surface area is 176 Å². The van der Waals surface area contributed by atoms with Gasteiger partial charge in [-0.05, 0) is 55.5 Å². The van der Waals surface area contributed by atoms with Crippen LogP contribution in [0, 0.1) is 0 Å². The number of ether oxygens (including phenoxy) is 2. The summed E-state index contributed by atoms with van der Waals surface area (Å²) in [6.45, 7) is 3.36. The largest absolute Gasteiger partial charge is 0.494 e. The van der Waals surface area contributed by atoms with Gasteiger partial charge >= 0.3 is 5.69 Å². The first-order valence-electron chi connectivity index (χ1n) is 9.93. The van der Waals surface area contributed by atoms with Crippen molar-refractivity contribution < 1.29 is 14.3 Å². The number of thiophene rings is 1. The first-order valence-corrected chi connectivity index (χ1v) is 10.8. The Morgan fingerprint density at radius 1 is 1.27 bits per heavy atom. The van der Waals surface area contributed by atoms with E-state index in [1.807, 2.05) is 6.92 Å². The van der Waals surface area contributed by atoms with Crippen LogP contribution in [0.2, 0.25) is 0 Å². The number of carbonyl (C=O) groups excluding carboxylic acids is 1. The second-order valence-electron chi connectivity index (χ2n) is 7.01. The van der Waals surface area contributed by atoms with Gasteiger partial charge in [0.2, 0.25) is 5.91 Å². The lowest BCUT2D eigenvalue weighted by Gasteiger charge is -2.14. The number of carbonyl (C=O) groups is 1. The van der Waals surface area contributed by atoms with Crippen molar-refractivity contribution in [3.8, 4) is 11.4 Å². The molecule has 158 valence electrons. The fraction of sp³-hybridized carbons (Fsp3) is 0.381. The molecule has 1 aliphatic rings. The minimum atomic E-state index is -0.553. The molecule has 2 aromatic heterocycles. The molecule has 1 fully saturated rings. The molecule has 0 spiro atoms. The maximum atomic E-state index is 13.2. The molecule has 30 heavy (non-hydrogen) atoms. The summed E-state index contributed by atoms with van der Waals surface area (Å²) < 4.78 is 13.8. The molecule has 1 saturated heterocycles. The summed E-state index contributed by atoms with van der Waals surface area (Å²) in [6.07, 6.45) is 1.92. The van der Waals surface area contributed by atoms with Crippen molar-refractivity contribution in [2.75, 3.05) is 19.8 Å². The number of nitrogens with zero attached hydrogens (tertiary/aromatic N) is 2. The van der Waals surface area contributed by atoms with Gasteiger partial charge in [0.1, 0.15) is 17.0 Å². The lowest BCUT2D eigenvalue weighted by molar-refractivity contribution is -0.122. The van der Waals surface area contributed by atoms with E-state index in [-0.39, 0.29) is 18.6 Å². The first-order chi connectivity index (χ1) is 14.6. The molecule has 1 atom stereocenters. The molecule has 0 unspecified atom stereocenters. The minimum absolute atomic E-state index is 0.0182. The smallest absolute Gasteiger partial charge is 0.336 e. The van der Waals surface area contributed by atoms with Crippen molar-refractivity contribution in [2.45, 2.75) is 32.4 Å². The molecule has 0 radical (unpaired) electrons. The zero-order valence-corrected chi connectivity index (χ0v) is 17.4. The number of rotatable bonds is 7. The van der Waals surface area contributed by atoms with Crippen molar-refractivity contribution >= 4 is 27.5 Å². The molecule has 3 heterocycles. The Kier molecular flexibility index (Phi) is 6.01. The van der Waals surface area contributed by atoms with E-state index in [1.54, 1.807) is 35.7 Å². The van der Waals surface area contributed by atoms with Crippen LogP contribution in [-0.2, 0) is 16.1 Å². The molecule has 3 aromatic rings. The number of aromatic nitrogens is 2. The molecular weight excluding hydrogens is 406 g/mol. The summed E-state index contributed by atoms with van der Waals surface area (Å²) in [7, 11) is 0. The monoisotopic (exact) mass is 429 g/mol. The van der Waals surface area contributed by atoms with E-state index in [4.69, 9.17) is 9.47 Å². The van der Waals surface area contributed by atoms with Gasteiger partial charge in [-0.3, -0.25) is 14.2 Å². The van der Waals surface area contributed by atoms with Gasteiger partial charge in [0.05, 0.1) is 23.9 Å². The van der Waals surface area contributed by atoms with E-state index in [0.29, 0.717) is 41.4 Å². The number of fused-ring (bicyclic) bond motifs is 1. The maximum absolute atomic E-state index is 13.2. The van der Waals surface area contributed by atoms with Gasteiger partial charge in [0.25, 0.3) is 5.56 Å². The van der Waals surface area contributed by atoms with Gasteiger partial charge in [0.15, 0.2) is 0 Å². The highest BCUT2D eigenvalue weighted by Gasteiger charge is 2.19. The van der Waals surface area contributed by atoms with Gasteiger partial charge in [-0.2, -0.15) is 0 Å². The summed E-state index contributed by atoms with van der Waals surface area (Å²) in [6, 6.07) is 8.44. The van der Waals surface area contributed by atoms with Gasteiger partial charge in [0, 0.05) is 13.2 Å². The number of hydrogen-bond donors (Lipinski definition) is 1. The number of nitrogens with one attached hydrogen (secondary N) is 1. The minimum Gasteiger partial charge on any atom is -0.494 e. The van der Waals surface area contributed by atoms with Crippen LogP contribution in [0.15, 0.2) is 45.3 Å². The van der Waals surface area contributed by atoms with Crippen LogP contribution in [-0.4, -0.2) is 40.9 Å². The average Bonchev–Trinajstić information content (AvgIpc) is 3.43. The SMILES string of the molecule is CCOc1ccc(-n2c(=O)c3sccc3n(CC(=O)NC[C@@H]3CCCO3)c2=O)cc1. The molecule has 1 N–H and O–H groups in total. The second kappa shape index (κ2) is 8.85. The summed E-state index contributed by atoms with van der Waals surface area (Å²) in [4.78, 5) is 38.7. The van der Waals surface area contributed by atoms with E-state index < -0.39 is 11.2 Å². The lowest BCUT2D eigenvalue weighted by atomic mass is 10.2. The van der Waals surface area contributed by atoms with Crippen LogP contribution in [0.3, 0.4) is 0 Å². The molecule has 1 aromatic carbocycles. The Morgan fingerprint density at radius 2 is 2.07 bits per heavy atom. The van der Waals surface area contributed by atoms with Gasteiger partial charge in [-0.15, -0.1) is 11.3 Å². The van der Waals surface area contributed by atoms with Gasteiger partial charge < -0.3 is 14.8 Å². The van der Waals surface area contributed by atoms with E-state index in [0.717, 1.165) is 17.4 Å². The Balaban J connectivity index is 1.67. The molecule has 4 rings (SSSR count). The maximum Gasteiger partial charge on any atom is 0.336 e. The zero-order chi connectivity index (χ0) is 21.1. The predicted octanol–water partition coefficient (Wildman–Crippen LogP) is 1.91. The summed E-state index contributed by atoms with van der Waals surface area (Å²) in [5.74, 6) is 0.359. The number of benzene rings is 1. The Morgan fingerprint density at radius 3 is 2.77 bits per heavy atom. The molecule has 8 nitrogen and oxygen atoms in total.